The number of benzene rings is 2. The quantitative estimate of drug-likeness (QED) is 0.677. The van der Waals surface area contributed by atoms with E-state index in [0.29, 0.717) is 0 Å². The number of nitrogens with one attached hydrogen (secondary N) is 1. The Hall–Kier alpha value is -2.90. The molecule has 2 aliphatic heterocycles. The second kappa shape index (κ2) is 6.82. The van der Waals surface area contributed by atoms with E-state index < -0.39 is 29.2 Å². The van der Waals surface area contributed by atoms with Crippen molar-refractivity contribution in [3.8, 4) is 11.1 Å². The first-order valence-electron chi connectivity index (χ1n) is 10.1. The number of ether oxygens (including phenoxy) is 2. The Balaban J connectivity index is 1.21. The minimum absolute atomic E-state index is 0.0221. The number of carbonyl (C=O) groups is 2. The number of carboxylic acids is 1. The molecule has 2 aliphatic carbocycles. The van der Waals surface area contributed by atoms with Gasteiger partial charge in [-0.3, -0.25) is 4.79 Å². The minimum Gasteiger partial charge on any atom is -0.481 e. The fourth-order valence-electron chi connectivity index (χ4n) is 5.37. The van der Waals surface area contributed by atoms with Crippen LogP contribution in [-0.4, -0.2) is 53.7 Å². The number of aliphatic hydroxyl groups excluding tert-OH is 1. The average Bonchev–Trinajstić information content (AvgIpc) is 3.35. The van der Waals surface area contributed by atoms with Gasteiger partial charge in [-0.1, -0.05) is 48.5 Å². The third kappa shape index (κ3) is 2.73. The predicted octanol–water partition coefficient (Wildman–Crippen LogP) is 2.52. The zero-order valence-electron chi connectivity index (χ0n) is 16.3. The zero-order chi connectivity index (χ0) is 20.9. The van der Waals surface area contributed by atoms with E-state index in [0.717, 1.165) is 22.3 Å². The summed E-state index contributed by atoms with van der Waals surface area (Å²) in [5.74, 6) is -0.984. The average molecular weight is 409 g/mol. The Morgan fingerprint density at radius 2 is 1.67 bits per heavy atom. The molecule has 6 rings (SSSR count). The summed E-state index contributed by atoms with van der Waals surface area (Å²) in [6.07, 6.45) is -0.733. The van der Waals surface area contributed by atoms with Crippen molar-refractivity contribution in [1.82, 2.24) is 5.32 Å². The molecule has 3 N–H and O–H groups in total. The van der Waals surface area contributed by atoms with Crippen LogP contribution in [-0.2, 0) is 14.3 Å². The predicted molar refractivity (Wildman–Crippen MR) is 107 cm³/mol. The van der Waals surface area contributed by atoms with Gasteiger partial charge >= 0.3 is 12.1 Å². The van der Waals surface area contributed by atoms with Crippen LogP contribution in [0.2, 0.25) is 0 Å². The molecule has 1 unspecified atom stereocenters. The molecular weight excluding hydrogens is 386 g/mol. The van der Waals surface area contributed by atoms with Crippen LogP contribution in [0.15, 0.2) is 48.5 Å². The van der Waals surface area contributed by atoms with Crippen LogP contribution < -0.4 is 5.32 Å². The molecule has 2 bridgehead atoms. The third-order valence-electron chi connectivity index (χ3n) is 6.77. The van der Waals surface area contributed by atoms with Crippen LogP contribution in [0.3, 0.4) is 0 Å². The van der Waals surface area contributed by atoms with Crippen molar-refractivity contribution >= 4 is 12.1 Å². The smallest absolute Gasteiger partial charge is 0.407 e. The van der Waals surface area contributed by atoms with Gasteiger partial charge in [0.25, 0.3) is 0 Å². The number of rotatable bonds is 6. The molecule has 0 radical (unpaired) electrons. The minimum atomic E-state index is -1.04. The first kappa shape index (κ1) is 19.1. The molecular formula is C23H23NO6. The van der Waals surface area contributed by atoms with Gasteiger partial charge in [-0.2, -0.15) is 0 Å². The number of fused-ring (bicyclic) bond motifs is 4. The van der Waals surface area contributed by atoms with Gasteiger partial charge < -0.3 is 25.0 Å². The van der Waals surface area contributed by atoms with Crippen LogP contribution in [0.4, 0.5) is 4.79 Å². The van der Waals surface area contributed by atoms with Crippen molar-refractivity contribution < 1.29 is 29.3 Å². The highest BCUT2D eigenvalue weighted by Crippen LogP contribution is 2.61. The third-order valence-corrected chi connectivity index (χ3v) is 6.77. The van der Waals surface area contributed by atoms with E-state index in [1.165, 1.54) is 0 Å². The highest BCUT2D eigenvalue weighted by atomic mass is 16.6. The molecule has 2 saturated heterocycles. The molecule has 2 aromatic rings. The Morgan fingerprint density at radius 1 is 1.07 bits per heavy atom. The summed E-state index contributed by atoms with van der Waals surface area (Å²) in [6.45, 7) is 0.0280. The molecule has 3 fully saturated rings. The van der Waals surface area contributed by atoms with Crippen molar-refractivity contribution in [3.05, 3.63) is 59.7 Å². The molecule has 1 amide bonds. The number of alkyl carbamates (subject to hydrolysis) is 1. The molecule has 1 saturated carbocycles. The fraction of sp³-hybridized carbons (Fsp3) is 0.391. The van der Waals surface area contributed by atoms with E-state index in [1.54, 1.807) is 0 Å². The molecule has 7 heteroatoms. The van der Waals surface area contributed by atoms with Gasteiger partial charge in [0.15, 0.2) is 0 Å². The van der Waals surface area contributed by atoms with E-state index in [-0.39, 0.29) is 38.5 Å². The Labute approximate surface area is 173 Å². The van der Waals surface area contributed by atoms with Gasteiger partial charge in [0.1, 0.15) is 12.0 Å². The zero-order valence-corrected chi connectivity index (χ0v) is 16.3. The number of aliphatic carboxylic acids is 1. The number of hydrogen-bond donors (Lipinski definition) is 3. The number of carboxylic acid groups (broad SMARTS) is 1. The van der Waals surface area contributed by atoms with E-state index >= 15 is 0 Å². The van der Waals surface area contributed by atoms with Gasteiger partial charge in [0.05, 0.1) is 24.9 Å². The topological polar surface area (TPSA) is 105 Å². The molecule has 0 spiro atoms. The second-order valence-corrected chi connectivity index (χ2v) is 8.47. The lowest BCUT2D eigenvalue weighted by Gasteiger charge is -2.42. The van der Waals surface area contributed by atoms with Gasteiger partial charge in [-0.15, -0.1) is 0 Å². The fourth-order valence-corrected chi connectivity index (χ4v) is 5.37. The summed E-state index contributed by atoms with van der Waals surface area (Å²) in [7, 11) is 0. The van der Waals surface area contributed by atoms with E-state index in [4.69, 9.17) is 9.47 Å². The monoisotopic (exact) mass is 409 g/mol. The lowest BCUT2D eigenvalue weighted by atomic mass is 9.60. The maximum atomic E-state index is 12.4. The summed E-state index contributed by atoms with van der Waals surface area (Å²) >= 11 is 0. The van der Waals surface area contributed by atoms with E-state index in [1.807, 2.05) is 24.3 Å². The molecule has 7 nitrogen and oxygen atoms in total. The van der Waals surface area contributed by atoms with Crippen LogP contribution in [0.1, 0.15) is 29.9 Å². The van der Waals surface area contributed by atoms with Crippen molar-refractivity contribution in [2.24, 2.45) is 5.41 Å². The van der Waals surface area contributed by atoms with Gasteiger partial charge in [0, 0.05) is 5.92 Å². The van der Waals surface area contributed by atoms with Gasteiger partial charge in [0.2, 0.25) is 0 Å². The summed E-state index contributed by atoms with van der Waals surface area (Å²) < 4.78 is 11.3. The summed E-state index contributed by atoms with van der Waals surface area (Å²) in [5, 5.41) is 21.6. The number of aliphatic hydroxyl groups is 1. The van der Waals surface area contributed by atoms with Gasteiger partial charge in [-0.05, 0) is 35.1 Å². The maximum absolute atomic E-state index is 12.4. The van der Waals surface area contributed by atoms with E-state index in [2.05, 4.69) is 29.6 Å². The molecule has 4 aliphatic rings. The first-order valence-corrected chi connectivity index (χ1v) is 10.1. The standard InChI is InChI=1S/C23H23NO6/c25-9-19-23(20(26)27)11-22(12-23,30-19)13-24-21(28)29-10-18-16-7-3-1-5-14(16)15-6-2-4-8-17(15)18/h1-8,18-19,25H,9-13H2,(H,24,28)(H,26,27). The van der Waals surface area contributed by atoms with Crippen LogP contribution in [0.25, 0.3) is 11.1 Å². The molecule has 1 atom stereocenters. The Bertz CT molecular complexity index is 967. The Kier molecular flexibility index (Phi) is 4.34. The summed E-state index contributed by atoms with van der Waals surface area (Å²) in [5.41, 5.74) is 2.82. The highest BCUT2D eigenvalue weighted by Gasteiger charge is 2.71. The van der Waals surface area contributed by atoms with Crippen molar-refractivity contribution in [1.29, 1.82) is 0 Å². The Morgan fingerprint density at radius 3 is 2.20 bits per heavy atom. The first-order chi connectivity index (χ1) is 14.5. The summed E-state index contributed by atoms with van der Waals surface area (Å²) in [6, 6.07) is 16.2. The van der Waals surface area contributed by atoms with Crippen LogP contribution in [0, 0.1) is 5.41 Å². The molecule has 2 heterocycles. The lowest BCUT2D eigenvalue weighted by molar-refractivity contribution is -0.155. The normalized spacial score (nSPS) is 28.4. The number of hydrogen-bond acceptors (Lipinski definition) is 5. The lowest BCUT2D eigenvalue weighted by Crippen LogP contribution is -2.55. The van der Waals surface area contributed by atoms with Gasteiger partial charge in [-0.25, -0.2) is 4.79 Å². The van der Waals surface area contributed by atoms with E-state index in [9.17, 15) is 19.8 Å². The maximum Gasteiger partial charge on any atom is 0.407 e. The molecule has 2 aromatic carbocycles. The van der Waals surface area contributed by atoms with Crippen molar-refractivity contribution in [2.75, 3.05) is 19.8 Å². The number of carbonyl (C=O) groups excluding carboxylic acids is 1. The molecule has 0 aromatic heterocycles. The largest absolute Gasteiger partial charge is 0.481 e. The number of amides is 1. The SMILES string of the molecule is O=C(NCC12CC(C(=O)O)(C1)C(CO)O2)OCC1c2ccccc2-c2ccccc21. The highest BCUT2D eigenvalue weighted by molar-refractivity contribution is 5.80. The van der Waals surface area contributed by atoms with Crippen molar-refractivity contribution in [2.45, 2.75) is 30.5 Å². The molecule has 30 heavy (non-hydrogen) atoms. The van der Waals surface area contributed by atoms with Crippen LogP contribution in [0.5, 0.6) is 0 Å². The molecule has 156 valence electrons. The van der Waals surface area contributed by atoms with Crippen molar-refractivity contribution in [3.63, 3.8) is 0 Å². The van der Waals surface area contributed by atoms with Crippen LogP contribution >= 0.6 is 0 Å². The second-order valence-electron chi connectivity index (χ2n) is 8.47. The summed E-state index contributed by atoms with van der Waals surface area (Å²) in [4.78, 5) is 23.9.